The number of carbonyl (C=O) groups excluding carboxylic acids is 1. The van der Waals surface area contributed by atoms with Gasteiger partial charge in [-0.05, 0) is 44.7 Å². The Bertz CT molecular complexity index is 825. The van der Waals surface area contributed by atoms with Crippen LogP contribution in [0.25, 0.3) is 0 Å². The fourth-order valence-corrected chi connectivity index (χ4v) is 5.64. The third-order valence-electron chi connectivity index (χ3n) is 7.45. The van der Waals surface area contributed by atoms with Gasteiger partial charge in [0.05, 0.1) is 18.2 Å². The highest BCUT2D eigenvalue weighted by Gasteiger charge is 2.44. The van der Waals surface area contributed by atoms with Crippen LogP contribution in [0.5, 0.6) is 0 Å². The Hall–Kier alpha value is -1.45. The highest BCUT2D eigenvalue weighted by atomic mass is 35.5. The number of nitrogens with one attached hydrogen (secondary N) is 1. The van der Waals surface area contributed by atoms with E-state index in [9.17, 15) is 9.90 Å². The number of halogens is 2. The summed E-state index contributed by atoms with van der Waals surface area (Å²) in [4.78, 5) is 14.8. The van der Waals surface area contributed by atoms with Crippen molar-refractivity contribution in [3.05, 3.63) is 34.6 Å². The summed E-state index contributed by atoms with van der Waals surface area (Å²) < 4.78 is 32.1. The van der Waals surface area contributed by atoms with Gasteiger partial charge in [-0.15, -0.1) is 0 Å². The molecule has 1 saturated carbocycles. The molecule has 2 fully saturated rings. The quantitative estimate of drug-likeness (QED) is 0.376. The zero-order valence-electron chi connectivity index (χ0n) is 21.6. The molecule has 1 aromatic rings. The van der Waals surface area contributed by atoms with E-state index in [0.717, 1.165) is 6.42 Å². The van der Waals surface area contributed by atoms with E-state index in [-0.39, 0.29) is 36.3 Å². The minimum Gasteiger partial charge on any atom is -0.445 e. The standard InChI is InChI=1S/C27H42ClFN2O5/c1-30-18-21(17-20-9-4-3-5-10-20)36-26(32)31-14-16-35-24(19-31)27(33,13-6-7-15-34-2)22-11-8-12-23(28)25(22)29/h8,11-12,20-21,24,30,33H,3-7,9-10,13-19H2,1-2H3/t21?,24?,27-/m1/s1. The lowest BCUT2D eigenvalue weighted by molar-refractivity contribution is -0.151. The summed E-state index contributed by atoms with van der Waals surface area (Å²) in [5.74, 6) is -0.0939. The molecule has 2 aliphatic rings. The zero-order chi connectivity index (χ0) is 26.0. The topological polar surface area (TPSA) is 80.3 Å². The van der Waals surface area contributed by atoms with Crippen LogP contribution in [0, 0.1) is 11.7 Å². The molecule has 3 atom stereocenters. The number of carbonyl (C=O) groups is 1. The first-order valence-electron chi connectivity index (χ1n) is 13.3. The number of hydrogen-bond acceptors (Lipinski definition) is 6. The Labute approximate surface area is 219 Å². The van der Waals surface area contributed by atoms with E-state index in [0.29, 0.717) is 38.5 Å². The number of rotatable bonds is 12. The minimum absolute atomic E-state index is 0.0625. The third kappa shape index (κ3) is 7.78. The minimum atomic E-state index is -1.66. The maximum Gasteiger partial charge on any atom is 0.410 e. The van der Waals surface area contributed by atoms with E-state index in [1.165, 1.54) is 44.2 Å². The smallest absolute Gasteiger partial charge is 0.410 e. The van der Waals surface area contributed by atoms with Crippen molar-refractivity contribution >= 4 is 17.7 Å². The van der Waals surface area contributed by atoms with Gasteiger partial charge in [0.25, 0.3) is 0 Å². The summed E-state index contributed by atoms with van der Waals surface area (Å²) in [7, 11) is 3.47. The van der Waals surface area contributed by atoms with Crippen LogP contribution >= 0.6 is 11.6 Å². The first-order valence-corrected chi connectivity index (χ1v) is 13.6. The molecule has 1 saturated heterocycles. The number of aliphatic hydroxyl groups is 1. The van der Waals surface area contributed by atoms with Crippen LogP contribution in [0.3, 0.4) is 0 Å². The maximum atomic E-state index is 15.1. The number of benzene rings is 1. The summed E-state index contributed by atoms with van der Waals surface area (Å²) in [5.41, 5.74) is -1.58. The van der Waals surface area contributed by atoms with Crippen molar-refractivity contribution in [3.63, 3.8) is 0 Å². The molecule has 1 aliphatic heterocycles. The molecule has 3 rings (SSSR count). The predicted octanol–water partition coefficient (Wildman–Crippen LogP) is 4.88. The average Bonchev–Trinajstić information content (AvgIpc) is 2.89. The first kappa shape index (κ1) is 29.1. The average molecular weight is 529 g/mol. The van der Waals surface area contributed by atoms with Gasteiger partial charge in [0, 0.05) is 32.4 Å². The van der Waals surface area contributed by atoms with E-state index in [1.807, 2.05) is 7.05 Å². The van der Waals surface area contributed by atoms with Crippen molar-refractivity contribution in [1.82, 2.24) is 10.2 Å². The summed E-state index contributed by atoms with van der Waals surface area (Å²) in [6.07, 6.45) is 7.02. The lowest BCUT2D eigenvalue weighted by Gasteiger charge is -2.42. The molecule has 0 bridgehead atoms. The van der Waals surface area contributed by atoms with Crippen LogP contribution in [-0.4, -0.2) is 75.3 Å². The van der Waals surface area contributed by atoms with E-state index < -0.39 is 23.6 Å². The predicted molar refractivity (Wildman–Crippen MR) is 138 cm³/mol. The van der Waals surface area contributed by atoms with Crippen LogP contribution in [0.15, 0.2) is 18.2 Å². The van der Waals surface area contributed by atoms with Gasteiger partial charge in [0.15, 0.2) is 0 Å². The number of hydrogen-bond donors (Lipinski definition) is 2. The molecular formula is C27H42ClFN2O5. The van der Waals surface area contributed by atoms with Gasteiger partial charge in [-0.2, -0.15) is 0 Å². The molecule has 1 heterocycles. The van der Waals surface area contributed by atoms with Crippen molar-refractivity contribution in [2.75, 3.05) is 47.0 Å². The Morgan fingerprint density at radius 3 is 2.83 bits per heavy atom. The van der Waals surface area contributed by atoms with Crippen LogP contribution < -0.4 is 5.32 Å². The van der Waals surface area contributed by atoms with Crippen molar-refractivity contribution < 1.29 is 28.5 Å². The van der Waals surface area contributed by atoms with Crippen molar-refractivity contribution in [1.29, 1.82) is 0 Å². The molecule has 36 heavy (non-hydrogen) atoms. The van der Waals surface area contributed by atoms with Crippen LogP contribution in [0.2, 0.25) is 5.02 Å². The van der Waals surface area contributed by atoms with Crippen LogP contribution in [-0.2, 0) is 19.8 Å². The fraction of sp³-hybridized carbons (Fsp3) is 0.741. The van der Waals surface area contributed by atoms with Gasteiger partial charge in [-0.3, -0.25) is 0 Å². The SMILES string of the molecule is CNCC(CC1CCCCC1)OC(=O)N1CCOC([C@@](O)(CCCCOC)c2cccc(Cl)c2F)C1. The van der Waals surface area contributed by atoms with E-state index in [4.69, 9.17) is 25.8 Å². The number of ether oxygens (including phenoxy) is 3. The Morgan fingerprint density at radius 1 is 1.33 bits per heavy atom. The Balaban J connectivity index is 1.72. The van der Waals surface area contributed by atoms with E-state index >= 15 is 4.39 Å². The van der Waals surface area contributed by atoms with Crippen molar-refractivity contribution in [2.45, 2.75) is 75.6 Å². The fourth-order valence-electron chi connectivity index (χ4n) is 5.46. The molecule has 1 amide bonds. The highest BCUT2D eigenvalue weighted by Crippen LogP contribution is 2.38. The third-order valence-corrected chi connectivity index (χ3v) is 7.74. The molecule has 0 spiro atoms. The summed E-state index contributed by atoms with van der Waals surface area (Å²) >= 11 is 6.05. The molecule has 7 nitrogen and oxygen atoms in total. The lowest BCUT2D eigenvalue weighted by atomic mass is 9.82. The molecule has 0 aromatic heterocycles. The summed E-state index contributed by atoms with van der Waals surface area (Å²) in [6.45, 7) is 1.80. The number of nitrogens with zero attached hydrogens (tertiary/aromatic N) is 1. The second-order valence-corrected chi connectivity index (χ2v) is 10.5. The van der Waals surface area contributed by atoms with Gasteiger partial charge in [0.1, 0.15) is 23.6 Å². The van der Waals surface area contributed by atoms with Gasteiger partial charge >= 0.3 is 6.09 Å². The first-order chi connectivity index (χ1) is 17.4. The number of amides is 1. The second kappa shape index (κ2) is 14.5. The summed E-state index contributed by atoms with van der Waals surface area (Å²) in [5, 5.41) is 14.9. The van der Waals surface area contributed by atoms with Gasteiger partial charge in [-0.1, -0.05) is 55.8 Å². The number of unbranched alkanes of at least 4 members (excludes halogenated alkanes) is 1. The van der Waals surface area contributed by atoms with E-state index in [1.54, 1.807) is 18.1 Å². The largest absolute Gasteiger partial charge is 0.445 e. The molecular weight excluding hydrogens is 487 g/mol. The second-order valence-electron chi connectivity index (χ2n) is 10.1. The Morgan fingerprint density at radius 2 is 2.11 bits per heavy atom. The number of likely N-dealkylation sites (N-methyl/N-ethyl adjacent to an activating group) is 1. The number of morpholine rings is 1. The van der Waals surface area contributed by atoms with Crippen molar-refractivity contribution in [2.24, 2.45) is 5.92 Å². The molecule has 204 valence electrons. The van der Waals surface area contributed by atoms with Gasteiger partial charge < -0.3 is 29.5 Å². The highest BCUT2D eigenvalue weighted by molar-refractivity contribution is 6.30. The van der Waals surface area contributed by atoms with Gasteiger partial charge in [-0.25, -0.2) is 9.18 Å². The molecule has 1 aromatic carbocycles. The summed E-state index contributed by atoms with van der Waals surface area (Å²) in [6, 6.07) is 4.60. The Kier molecular flexibility index (Phi) is 11.7. The maximum absolute atomic E-state index is 15.1. The van der Waals surface area contributed by atoms with E-state index in [2.05, 4.69) is 5.32 Å². The molecule has 2 N–H and O–H groups in total. The molecule has 0 radical (unpaired) electrons. The van der Waals surface area contributed by atoms with Crippen LogP contribution in [0.4, 0.5) is 9.18 Å². The monoisotopic (exact) mass is 528 g/mol. The molecule has 1 aliphatic carbocycles. The molecule has 2 unspecified atom stereocenters. The molecule has 9 heteroatoms. The lowest BCUT2D eigenvalue weighted by Crippen LogP contribution is -2.55. The normalized spacial score (nSPS) is 21.7. The van der Waals surface area contributed by atoms with Crippen LogP contribution in [0.1, 0.15) is 63.4 Å². The zero-order valence-corrected chi connectivity index (χ0v) is 22.4. The van der Waals surface area contributed by atoms with Crippen molar-refractivity contribution in [3.8, 4) is 0 Å². The number of methoxy groups -OCH3 is 1. The van der Waals surface area contributed by atoms with Gasteiger partial charge in [0.2, 0.25) is 0 Å².